The molecule has 0 aromatic rings. The van der Waals surface area contributed by atoms with Crippen molar-refractivity contribution in [2.24, 2.45) is 10.9 Å². The predicted molar refractivity (Wildman–Crippen MR) is 107 cm³/mol. The van der Waals surface area contributed by atoms with Gasteiger partial charge in [-0.3, -0.25) is 9.89 Å². The maximum absolute atomic E-state index is 12.4. The second-order valence-electron chi connectivity index (χ2n) is 6.98. The van der Waals surface area contributed by atoms with Crippen LogP contribution in [0.25, 0.3) is 0 Å². The van der Waals surface area contributed by atoms with Crippen molar-refractivity contribution < 1.29 is 8.42 Å². The van der Waals surface area contributed by atoms with Gasteiger partial charge in [-0.15, -0.1) is 0 Å². The normalized spacial score (nSPS) is 21.8. The summed E-state index contributed by atoms with van der Waals surface area (Å²) in [7, 11) is -1.40. The highest BCUT2D eigenvalue weighted by Crippen LogP contribution is 2.13. The van der Waals surface area contributed by atoms with Gasteiger partial charge in [0, 0.05) is 70.9 Å². The largest absolute Gasteiger partial charge is 0.355 e. The molecule has 25 heavy (non-hydrogen) atoms. The van der Waals surface area contributed by atoms with Gasteiger partial charge in [0.05, 0.1) is 5.75 Å². The van der Waals surface area contributed by atoms with E-state index in [0.29, 0.717) is 25.6 Å². The van der Waals surface area contributed by atoms with Crippen LogP contribution in [0.4, 0.5) is 0 Å². The molecule has 2 fully saturated rings. The van der Waals surface area contributed by atoms with E-state index in [1.165, 1.54) is 0 Å². The lowest BCUT2D eigenvalue weighted by molar-refractivity contribution is 0.164. The van der Waals surface area contributed by atoms with Crippen molar-refractivity contribution in [2.75, 3.05) is 76.7 Å². The molecule has 0 bridgehead atoms. The molecule has 1 N–H and O–H groups in total. The number of nitrogens with zero attached hydrogens (tertiary/aromatic N) is 4. The highest BCUT2D eigenvalue weighted by Gasteiger charge is 2.24. The third-order valence-electron chi connectivity index (χ3n) is 4.51. The van der Waals surface area contributed by atoms with E-state index in [1.807, 2.05) is 11.8 Å². The van der Waals surface area contributed by atoms with Gasteiger partial charge in [-0.1, -0.05) is 13.8 Å². The number of rotatable bonds is 6. The third kappa shape index (κ3) is 6.62. The van der Waals surface area contributed by atoms with E-state index in [2.05, 4.69) is 34.0 Å². The maximum Gasteiger partial charge on any atom is 0.215 e. The first kappa shape index (κ1) is 20.8. The van der Waals surface area contributed by atoms with E-state index in [1.54, 1.807) is 11.4 Å². The number of guanidine groups is 1. The van der Waals surface area contributed by atoms with Gasteiger partial charge >= 0.3 is 0 Å². The number of aliphatic imine (C=N–C) groups is 1. The molecule has 146 valence electrons. The Labute approximate surface area is 157 Å². The lowest BCUT2D eigenvalue weighted by Gasteiger charge is -2.37. The fraction of sp³-hybridized carbons (Fsp3) is 0.938. The fourth-order valence-electron chi connectivity index (χ4n) is 3.24. The van der Waals surface area contributed by atoms with Gasteiger partial charge in [0.2, 0.25) is 10.0 Å². The minimum absolute atomic E-state index is 0.129. The molecule has 0 aromatic heterocycles. The quantitative estimate of drug-likeness (QED) is 0.516. The van der Waals surface area contributed by atoms with Crippen molar-refractivity contribution in [2.45, 2.75) is 13.8 Å². The van der Waals surface area contributed by atoms with E-state index in [0.717, 1.165) is 50.2 Å². The van der Waals surface area contributed by atoms with Gasteiger partial charge < -0.3 is 10.2 Å². The number of hydrogen-bond donors (Lipinski definition) is 1. The summed E-state index contributed by atoms with van der Waals surface area (Å²) in [6.07, 6.45) is 0. The molecule has 0 aliphatic carbocycles. The molecule has 0 radical (unpaired) electrons. The number of thioether (sulfide) groups is 1. The van der Waals surface area contributed by atoms with Crippen LogP contribution in [0.2, 0.25) is 0 Å². The average molecular weight is 392 g/mol. The molecule has 2 heterocycles. The van der Waals surface area contributed by atoms with Gasteiger partial charge in [-0.05, 0) is 5.92 Å². The van der Waals surface area contributed by atoms with Crippen LogP contribution >= 0.6 is 11.8 Å². The summed E-state index contributed by atoms with van der Waals surface area (Å²) in [6, 6.07) is 0. The molecular weight excluding hydrogens is 358 g/mol. The minimum Gasteiger partial charge on any atom is -0.355 e. The number of sulfonamides is 1. The van der Waals surface area contributed by atoms with Crippen LogP contribution < -0.4 is 5.32 Å². The van der Waals surface area contributed by atoms with Crippen molar-refractivity contribution in [3.8, 4) is 0 Å². The van der Waals surface area contributed by atoms with E-state index in [4.69, 9.17) is 0 Å². The molecule has 2 aliphatic rings. The zero-order chi connectivity index (χ0) is 18.3. The Morgan fingerprint density at radius 2 is 1.76 bits per heavy atom. The number of piperazine rings is 1. The van der Waals surface area contributed by atoms with Gasteiger partial charge in [-0.2, -0.15) is 11.8 Å². The van der Waals surface area contributed by atoms with Gasteiger partial charge in [0.15, 0.2) is 5.96 Å². The Kier molecular flexibility index (Phi) is 8.31. The molecule has 7 nitrogen and oxygen atoms in total. The van der Waals surface area contributed by atoms with Gasteiger partial charge in [-0.25, -0.2) is 12.7 Å². The van der Waals surface area contributed by atoms with Crippen LogP contribution in [-0.4, -0.2) is 105 Å². The monoisotopic (exact) mass is 391 g/mol. The molecule has 0 saturated carbocycles. The van der Waals surface area contributed by atoms with Crippen LogP contribution in [0.15, 0.2) is 4.99 Å². The first-order chi connectivity index (χ1) is 11.9. The summed E-state index contributed by atoms with van der Waals surface area (Å²) in [4.78, 5) is 9.03. The summed E-state index contributed by atoms with van der Waals surface area (Å²) in [5.74, 6) is 3.42. The smallest absolute Gasteiger partial charge is 0.215 e. The lowest BCUT2D eigenvalue weighted by Crippen LogP contribution is -2.53. The maximum atomic E-state index is 12.4. The van der Waals surface area contributed by atoms with E-state index in [9.17, 15) is 8.42 Å². The van der Waals surface area contributed by atoms with Crippen molar-refractivity contribution in [3.05, 3.63) is 0 Å². The molecule has 0 amide bonds. The predicted octanol–water partition coefficient (Wildman–Crippen LogP) is 0.214. The third-order valence-corrected chi connectivity index (χ3v) is 7.33. The van der Waals surface area contributed by atoms with E-state index < -0.39 is 10.0 Å². The summed E-state index contributed by atoms with van der Waals surface area (Å²) in [6.45, 7) is 11.2. The van der Waals surface area contributed by atoms with Crippen LogP contribution in [0.5, 0.6) is 0 Å². The highest BCUT2D eigenvalue weighted by molar-refractivity contribution is 7.99. The molecule has 2 rings (SSSR count). The average Bonchev–Trinajstić information content (AvgIpc) is 2.60. The SMILES string of the molecule is CN=C(NCCS(=O)(=O)N1CCSCC1)N1CCN(CC(C)C)CC1. The Hall–Kier alpha value is -0.510. The fourth-order valence-corrected chi connectivity index (χ4v) is 5.73. The van der Waals surface area contributed by atoms with Crippen molar-refractivity contribution in [3.63, 3.8) is 0 Å². The van der Waals surface area contributed by atoms with Crippen LogP contribution in [-0.2, 0) is 10.0 Å². The van der Waals surface area contributed by atoms with Crippen LogP contribution in [0, 0.1) is 5.92 Å². The lowest BCUT2D eigenvalue weighted by atomic mass is 10.2. The first-order valence-electron chi connectivity index (χ1n) is 9.16. The molecule has 2 saturated heterocycles. The Morgan fingerprint density at radius 3 is 2.32 bits per heavy atom. The van der Waals surface area contributed by atoms with Crippen molar-refractivity contribution in [1.82, 2.24) is 19.4 Å². The van der Waals surface area contributed by atoms with Crippen molar-refractivity contribution in [1.29, 1.82) is 0 Å². The summed E-state index contributed by atoms with van der Waals surface area (Å²) in [5.41, 5.74) is 0. The molecule has 0 spiro atoms. The molecule has 2 aliphatic heterocycles. The highest BCUT2D eigenvalue weighted by atomic mass is 32.2. The molecular formula is C16H33N5O2S2. The van der Waals surface area contributed by atoms with Gasteiger partial charge in [0.1, 0.15) is 0 Å². The molecule has 0 atom stereocenters. The van der Waals surface area contributed by atoms with Crippen LogP contribution in [0.3, 0.4) is 0 Å². The molecule has 0 unspecified atom stereocenters. The summed E-state index contributed by atoms with van der Waals surface area (Å²) < 4.78 is 26.4. The minimum atomic E-state index is -3.16. The van der Waals surface area contributed by atoms with E-state index in [-0.39, 0.29) is 5.75 Å². The standard InChI is InChI=1S/C16H33N5O2S2/c1-15(2)14-19-5-7-20(8-6-19)16(17-3)18-4-13-25(22,23)21-9-11-24-12-10-21/h15H,4-14H2,1-3H3,(H,17,18). The summed E-state index contributed by atoms with van der Waals surface area (Å²) >= 11 is 1.82. The molecule has 0 aromatic carbocycles. The zero-order valence-electron chi connectivity index (χ0n) is 15.8. The van der Waals surface area contributed by atoms with E-state index >= 15 is 0 Å². The zero-order valence-corrected chi connectivity index (χ0v) is 17.4. The van der Waals surface area contributed by atoms with Crippen molar-refractivity contribution >= 4 is 27.7 Å². The Balaban J connectivity index is 1.75. The van der Waals surface area contributed by atoms with Crippen LogP contribution in [0.1, 0.15) is 13.8 Å². The molecule has 9 heteroatoms. The number of nitrogens with one attached hydrogen (secondary N) is 1. The Bertz CT molecular complexity index is 525. The second kappa shape index (κ2) is 9.99. The van der Waals surface area contributed by atoms with Gasteiger partial charge in [0.25, 0.3) is 0 Å². The first-order valence-corrected chi connectivity index (χ1v) is 11.9. The Morgan fingerprint density at radius 1 is 1.12 bits per heavy atom. The second-order valence-corrected chi connectivity index (χ2v) is 10.3. The number of hydrogen-bond acceptors (Lipinski definition) is 5. The topological polar surface area (TPSA) is 68.2 Å². The summed E-state index contributed by atoms with van der Waals surface area (Å²) in [5, 5.41) is 3.24.